The number of esters is 1. The highest BCUT2D eigenvalue weighted by Gasteiger charge is 2.47. The predicted molar refractivity (Wildman–Crippen MR) is 73.8 cm³/mol. The van der Waals surface area contributed by atoms with E-state index in [1.54, 1.807) is 6.92 Å². The number of alkyl halides is 1. The summed E-state index contributed by atoms with van der Waals surface area (Å²) < 4.78 is 3.69. The Morgan fingerprint density at radius 3 is 2.33 bits per heavy atom. The smallest absolute Gasteiger partial charge is 0.331 e. The van der Waals surface area contributed by atoms with E-state index < -0.39 is 10.3 Å². The van der Waals surface area contributed by atoms with Gasteiger partial charge in [-0.25, -0.2) is 0 Å². The molecule has 18 heavy (non-hydrogen) atoms. The molecule has 0 spiro atoms. The molecule has 0 aromatic heterocycles. The molecule has 0 saturated carbocycles. The van der Waals surface area contributed by atoms with E-state index in [2.05, 4.69) is 15.9 Å². The summed E-state index contributed by atoms with van der Waals surface area (Å²) in [5.74, 6) is -1.08. The Hall–Kier alpha value is -1.16. The number of ketones is 1. The van der Waals surface area contributed by atoms with Gasteiger partial charge in [0.2, 0.25) is 0 Å². The van der Waals surface area contributed by atoms with Crippen molar-refractivity contribution < 1.29 is 14.3 Å². The zero-order chi connectivity index (χ0) is 13.8. The van der Waals surface area contributed by atoms with Gasteiger partial charge in [-0.3, -0.25) is 9.59 Å². The van der Waals surface area contributed by atoms with Gasteiger partial charge < -0.3 is 4.74 Å². The number of rotatable bonds is 5. The van der Waals surface area contributed by atoms with Crippen molar-refractivity contribution in [3.05, 3.63) is 35.9 Å². The number of benzene rings is 1. The summed E-state index contributed by atoms with van der Waals surface area (Å²) in [6.07, 6.45) is 0. The minimum atomic E-state index is -1.32. The molecule has 3 nitrogen and oxygen atoms in total. The maximum absolute atomic E-state index is 12.0. The fourth-order valence-corrected chi connectivity index (χ4v) is 2.21. The highest BCUT2D eigenvalue weighted by Crippen LogP contribution is 2.37. The summed E-state index contributed by atoms with van der Waals surface area (Å²) in [6.45, 7) is 5.20. The molecule has 0 aliphatic rings. The van der Waals surface area contributed by atoms with Crippen molar-refractivity contribution in [3.8, 4) is 0 Å². The van der Waals surface area contributed by atoms with E-state index in [-0.39, 0.29) is 18.3 Å². The van der Waals surface area contributed by atoms with Gasteiger partial charge in [-0.2, -0.15) is 0 Å². The SMILES string of the molecule is CCOC(=O)C(Br)(C(C)=O)C(C)c1ccccc1. The fourth-order valence-electron chi connectivity index (χ4n) is 1.83. The molecule has 0 amide bonds. The number of carbonyl (C=O) groups excluding carboxylic acids is 2. The van der Waals surface area contributed by atoms with E-state index in [0.29, 0.717) is 0 Å². The molecule has 4 heteroatoms. The minimum absolute atomic E-state index is 0.251. The molecule has 0 radical (unpaired) electrons. The first-order valence-corrected chi connectivity index (χ1v) is 6.66. The van der Waals surface area contributed by atoms with Crippen LogP contribution in [0.3, 0.4) is 0 Å². The monoisotopic (exact) mass is 312 g/mol. The molecule has 98 valence electrons. The Balaban J connectivity index is 3.13. The van der Waals surface area contributed by atoms with Crippen LogP contribution in [0.15, 0.2) is 30.3 Å². The van der Waals surface area contributed by atoms with Crippen LogP contribution >= 0.6 is 15.9 Å². The van der Waals surface area contributed by atoms with Gasteiger partial charge in [-0.1, -0.05) is 53.2 Å². The average molecular weight is 313 g/mol. The zero-order valence-corrected chi connectivity index (χ0v) is 12.4. The van der Waals surface area contributed by atoms with Gasteiger partial charge in [-0.05, 0) is 19.4 Å². The normalized spacial score (nSPS) is 15.6. The molecule has 0 fully saturated rings. The summed E-state index contributed by atoms with van der Waals surface area (Å²) in [7, 11) is 0. The topological polar surface area (TPSA) is 43.4 Å². The standard InChI is InChI=1S/C14H17BrO3/c1-4-18-13(17)14(15,11(3)16)10(2)12-8-6-5-7-9-12/h5-10H,4H2,1-3H3. The fraction of sp³-hybridized carbons (Fsp3) is 0.429. The van der Waals surface area contributed by atoms with Gasteiger partial charge in [0.15, 0.2) is 10.1 Å². The quantitative estimate of drug-likeness (QED) is 0.477. The second kappa shape index (κ2) is 6.14. The van der Waals surface area contributed by atoms with E-state index in [4.69, 9.17) is 4.74 Å². The molecular formula is C14H17BrO3. The number of hydrogen-bond acceptors (Lipinski definition) is 3. The molecule has 0 heterocycles. The zero-order valence-electron chi connectivity index (χ0n) is 10.8. The second-order valence-electron chi connectivity index (χ2n) is 4.12. The lowest BCUT2D eigenvalue weighted by Gasteiger charge is -2.29. The predicted octanol–water partition coefficient (Wildman–Crippen LogP) is 3.08. The summed E-state index contributed by atoms with van der Waals surface area (Å²) in [5.41, 5.74) is 0.914. The molecule has 1 rings (SSSR count). The van der Waals surface area contributed by atoms with E-state index in [1.165, 1.54) is 6.92 Å². The molecule has 0 aliphatic heterocycles. The van der Waals surface area contributed by atoms with Crippen molar-refractivity contribution in [2.45, 2.75) is 31.0 Å². The van der Waals surface area contributed by atoms with Crippen LogP contribution in [0.25, 0.3) is 0 Å². The number of halogens is 1. The van der Waals surface area contributed by atoms with Gasteiger partial charge in [0.1, 0.15) is 0 Å². The lowest BCUT2D eigenvalue weighted by atomic mass is 9.85. The van der Waals surface area contributed by atoms with Crippen molar-refractivity contribution >= 4 is 27.7 Å². The summed E-state index contributed by atoms with van der Waals surface area (Å²) >= 11 is 3.29. The van der Waals surface area contributed by atoms with Crippen molar-refractivity contribution in [2.24, 2.45) is 0 Å². The van der Waals surface area contributed by atoms with Gasteiger partial charge in [-0.15, -0.1) is 0 Å². The van der Waals surface area contributed by atoms with Gasteiger partial charge in [0.25, 0.3) is 0 Å². The van der Waals surface area contributed by atoms with E-state index in [1.807, 2.05) is 37.3 Å². The first kappa shape index (κ1) is 14.9. The van der Waals surface area contributed by atoms with Crippen molar-refractivity contribution in [2.75, 3.05) is 6.61 Å². The van der Waals surface area contributed by atoms with Crippen molar-refractivity contribution in [3.63, 3.8) is 0 Å². The van der Waals surface area contributed by atoms with Crippen LogP contribution < -0.4 is 0 Å². The Morgan fingerprint density at radius 1 is 1.33 bits per heavy atom. The van der Waals surface area contributed by atoms with E-state index in [0.717, 1.165) is 5.56 Å². The third kappa shape index (κ3) is 2.80. The highest BCUT2D eigenvalue weighted by molar-refractivity contribution is 9.10. The van der Waals surface area contributed by atoms with E-state index >= 15 is 0 Å². The van der Waals surface area contributed by atoms with Crippen LogP contribution in [-0.2, 0) is 14.3 Å². The molecule has 0 N–H and O–H groups in total. The number of Topliss-reactive ketones (excluding diaryl/α,β-unsaturated/α-hetero) is 1. The van der Waals surface area contributed by atoms with Crippen LogP contribution in [0.5, 0.6) is 0 Å². The van der Waals surface area contributed by atoms with Gasteiger partial charge in [0, 0.05) is 5.92 Å². The van der Waals surface area contributed by atoms with E-state index in [9.17, 15) is 9.59 Å². The number of carbonyl (C=O) groups is 2. The largest absolute Gasteiger partial charge is 0.465 e. The lowest BCUT2D eigenvalue weighted by Crippen LogP contribution is -2.45. The Morgan fingerprint density at radius 2 is 1.89 bits per heavy atom. The summed E-state index contributed by atoms with van der Waals surface area (Å²) in [6, 6.07) is 9.44. The van der Waals surface area contributed by atoms with Crippen LogP contribution in [0, 0.1) is 0 Å². The third-order valence-corrected chi connectivity index (χ3v) is 4.55. The lowest BCUT2D eigenvalue weighted by molar-refractivity contribution is -0.149. The minimum Gasteiger partial charge on any atom is -0.465 e. The molecule has 0 saturated heterocycles. The molecular weight excluding hydrogens is 296 g/mol. The Bertz CT molecular complexity index is 430. The van der Waals surface area contributed by atoms with Crippen molar-refractivity contribution in [1.29, 1.82) is 0 Å². The van der Waals surface area contributed by atoms with Crippen LogP contribution in [0.4, 0.5) is 0 Å². The highest BCUT2D eigenvalue weighted by atomic mass is 79.9. The summed E-state index contributed by atoms with van der Waals surface area (Å²) in [5, 5.41) is 0. The maximum atomic E-state index is 12.0. The van der Waals surface area contributed by atoms with Crippen LogP contribution in [0.1, 0.15) is 32.3 Å². The first-order chi connectivity index (χ1) is 8.44. The molecule has 0 aliphatic carbocycles. The molecule has 2 atom stereocenters. The average Bonchev–Trinajstić information content (AvgIpc) is 2.37. The molecule has 1 aromatic rings. The maximum Gasteiger partial charge on any atom is 0.331 e. The second-order valence-corrected chi connectivity index (χ2v) is 5.37. The summed E-state index contributed by atoms with van der Waals surface area (Å²) in [4.78, 5) is 23.9. The number of ether oxygens (including phenoxy) is 1. The van der Waals surface area contributed by atoms with Gasteiger partial charge in [0.05, 0.1) is 6.61 Å². The Kier molecular flexibility index (Phi) is 5.08. The molecule has 2 unspecified atom stereocenters. The van der Waals surface area contributed by atoms with Crippen LogP contribution in [-0.4, -0.2) is 22.7 Å². The van der Waals surface area contributed by atoms with Crippen molar-refractivity contribution in [1.82, 2.24) is 0 Å². The number of hydrogen-bond donors (Lipinski definition) is 0. The third-order valence-electron chi connectivity index (χ3n) is 2.98. The molecule has 1 aromatic carbocycles. The Labute approximate surface area is 116 Å². The van der Waals surface area contributed by atoms with Crippen LogP contribution in [0.2, 0.25) is 0 Å². The first-order valence-electron chi connectivity index (χ1n) is 5.86. The molecule has 0 bridgehead atoms. The van der Waals surface area contributed by atoms with Gasteiger partial charge >= 0.3 is 5.97 Å².